The SMILES string of the molecule is CC1NCCCC1Nc1cn[nH]c(=O)c1Cl. The molecule has 6 heteroatoms. The highest BCUT2D eigenvalue weighted by atomic mass is 35.5. The average Bonchev–Trinajstić information content (AvgIpc) is 2.28. The van der Waals surface area contributed by atoms with Gasteiger partial charge >= 0.3 is 0 Å². The van der Waals surface area contributed by atoms with E-state index in [1.54, 1.807) is 6.20 Å². The first-order valence-electron chi connectivity index (χ1n) is 5.41. The van der Waals surface area contributed by atoms with Gasteiger partial charge in [-0.3, -0.25) is 4.79 Å². The summed E-state index contributed by atoms with van der Waals surface area (Å²) in [7, 11) is 0. The Hall–Kier alpha value is -1.07. The van der Waals surface area contributed by atoms with E-state index in [1.165, 1.54) is 0 Å². The van der Waals surface area contributed by atoms with Crippen molar-refractivity contribution < 1.29 is 0 Å². The number of H-pyrrole nitrogens is 1. The number of nitrogens with zero attached hydrogens (tertiary/aromatic N) is 1. The zero-order valence-corrected chi connectivity index (χ0v) is 9.84. The molecule has 3 N–H and O–H groups in total. The Balaban J connectivity index is 2.14. The lowest BCUT2D eigenvalue weighted by Crippen LogP contribution is -2.46. The highest BCUT2D eigenvalue weighted by Gasteiger charge is 2.21. The van der Waals surface area contributed by atoms with Crippen LogP contribution in [0.3, 0.4) is 0 Å². The van der Waals surface area contributed by atoms with Crippen molar-refractivity contribution in [3.05, 3.63) is 21.6 Å². The van der Waals surface area contributed by atoms with Crippen LogP contribution in [0.4, 0.5) is 5.69 Å². The van der Waals surface area contributed by atoms with Crippen LogP contribution in [0.15, 0.2) is 11.0 Å². The van der Waals surface area contributed by atoms with Gasteiger partial charge in [-0.1, -0.05) is 11.6 Å². The lowest BCUT2D eigenvalue weighted by atomic mass is 10.00. The van der Waals surface area contributed by atoms with Gasteiger partial charge < -0.3 is 10.6 Å². The first-order chi connectivity index (χ1) is 7.68. The third-order valence-corrected chi connectivity index (χ3v) is 3.27. The molecule has 0 bridgehead atoms. The summed E-state index contributed by atoms with van der Waals surface area (Å²) in [5.41, 5.74) is 0.244. The molecule has 2 heterocycles. The van der Waals surface area contributed by atoms with Crippen LogP contribution in [0.1, 0.15) is 19.8 Å². The maximum Gasteiger partial charge on any atom is 0.285 e. The minimum atomic E-state index is -0.358. The average molecular weight is 243 g/mol. The number of anilines is 1. The van der Waals surface area contributed by atoms with Crippen LogP contribution in [0, 0.1) is 0 Å². The molecule has 0 saturated carbocycles. The van der Waals surface area contributed by atoms with Crippen molar-refractivity contribution in [2.45, 2.75) is 31.8 Å². The maximum atomic E-state index is 11.3. The van der Waals surface area contributed by atoms with E-state index in [4.69, 9.17) is 11.6 Å². The second-order valence-corrected chi connectivity index (χ2v) is 4.44. The summed E-state index contributed by atoms with van der Waals surface area (Å²) in [6.07, 6.45) is 3.73. The molecule has 16 heavy (non-hydrogen) atoms. The van der Waals surface area contributed by atoms with Gasteiger partial charge in [0.05, 0.1) is 11.9 Å². The Bertz CT molecular complexity index is 420. The van der Waals surface area contributed by atoms with Crippen molar-refractivity contribution in [3.8, 4) is 0 Å². The zero-order valence-electron chi connectivity index (χ0n) is 9.09. The predicted octanol–water partition coefficient (Wildman–Crippen LogP) is 0.976. The van der Waals surface area contributed by atoms with Gasteiger partial charge in [-0.15, -0.1) is 0 Å². The fraction of sp³-hybridized carbons (Fsp3) is 0.600. The predicted molar refractivity (Wildman–Crippen MR) is 64.0 cm³/mol. The molecule has 1 fully saturated rings. The number of aromatic nitrogens is 2. The van der Waals surface area contributed by atoms with Crippen molar-refractivity contribution in [2.75, 3.05) is 11.9 Å². The van der Waals surface area contributed by atoms with E-state index >= 15 is 0 Å². The van der Waals surface area contributed by atoms with E-state index in [0.29, 0.717) is 11.7 Å². The van der Waals surface area contributed by atoms with Crippen LogP contribution in [-0.2, 0) is 0 Å². The third kappa shape index (κ3) is 2.36. The van der Waals surface area contributed by atoms with Crippen molar-refractivity contribution in [2.24, 2.45) is 0 Å². The lowest BCUT2D eigenvalue weighted by Gasteiger charge is -2.31. The number of nitrogens with one attached hydrogen (secondary N) is 3. The minimum absolute atomic E-state index is 0.174. The van der Waals surface area contributed by atoms with Gasteiger partial charge in [0, 0.05) is 12.1 Å². The van der Waals surface area contributed by atoms with Gasteiger partial charge in [-0.2, -0.15) is 5.10 Å². The summed E-state index contributed by atoms with van der Waals surface area (Å²) in [5.74, 6) is 0. The summed E-state index contributed by atoms with van der Waals surface area (Å²) in [4.78, 5) is 11.3. The van der Waals surface area contributed by atoms with Crippen molar-refractivity contribution in [1.29, 1.82) is 0 Å². The maximum absolute atomic E-state index is 11.3. The van der Waals surface area contributed by atoms with E-state index in [1.807, 2.05) is 0 Å². The molecule has 0 aliphatic carbocycles. The molecule has 0 radical (unpaired) electrons. The van der Waals surface area contributed by atoms with E-state index in [2.05, 4.69) is 27.8 Å². The van der Waals surface area contributed by atoms with Gasteiger partial charge in [0.25, 0.3) is 5.56 Å². The molecule has 1 saturated heterocycles. The Labute approximate surface area is 98.6 Å². The summed E-state index contributed by atoms with van der Waals surface area (Å²) < 4.78 is 0. The third-order valence-electron chi connectivity index (χ3n) is 2.90. The number of hydrogen-bond acceptors (Lipinski definition) is 4. The van der Waals surface area contributed by atoms with Gasteiger partial charge in [0.2, 0.25) is 0 Å². The lowest BCUT2D eigenvalue weighted by molar-refractivity contribution is 0.389. The largest absolute Gasteiger partial charge is 0.378 e. The molecule has 1 aromatic rings. The van der Waals surface area contributed by atoms with Gasteiger partial charge in [-0.05, 0) is 26.3 Å². The summed E-state index contributed by atoms with van der Waals surface area (Å²) in [6, 6.07) is 0.652. The molecule has 5 nitrogen and oxygen atoms in total. The normalized spacial score (nSPS) is 25.4. The number of hydrogen-bond donors (Lipinski definition) is 3. The van der Waals surface area contributed by atoms with Crippen LogP contribution in [0.5, 0.6) is 0 Å². The van der Waals surface area contributed by atoms with Crippen LogP contribution in [-0.4, -0.2) is 28.8 Å². The fourth-order valence-electron chi connectivity index (χ4n) is 1.93. The monoisotopic (exact) mass is 242 g/mol. The first kappa shape index (κ1) is 11.4. The van der Waals surface area contributed by atoms with Crippen LogP contribution >= 0.6 is 11.6 Å². The van der Waals surface area contributed by atoms with Gasteiger partial charge in [0.1, 0.15) is 5.02 Å². The Morgan fingerprint density at radius 3 is 3.19 bits per heavy atom. The van der Waals surface area contributed by atoms with Crippen LogP contribution in [0.2, 0.25) is 5.02 Å². The molecule has 1 aliphatic heterocycles. The number of piperidine rings is 1. The molecular weight excluding hydrogens is 228 g/mol. The topological polar surface area (TPSA) is 69.8 Å². The second kappa shape index (κ2) is 4.84. The highest BCUT2D eigenvalue weighted by molar-refractivity contribution is 6.32. The summed E-state index contributed by atoms with van der Waals surface area (Å²) >= 11 is 5.89. The molecule has 2 unspecified atom stereocenters. The molecule has 1 aliphatic rings. The summed E-state index contributed by atoms with van der Waals surface area (Å²) in [5, 5.41) is 12.8. The van der Waals surface area contributed by atoms with Crippen molar-refractivity contribution >= 4 is 17.3 Å². The molecule has 88 valence electrons. The van der Waals surface area contributed by atoms with E-state index in [-0.39, 0.29) is 16.6 Å². The number of halogens is 1. The van der Waals surface area contributed by atoms with Crippen LogP contribution in [0.25, 0.3) is 0 Å². The molecule has 0 spiro atoms. The van der Waals surface area contributed by atoms with E-state index < -0.39 is 0 Å². The van der Waals surface area contributed by atoms with Crippen LogP contribution < -0.4 is 16.2 Å². The Morgan fingerprint density at radius 1 is 1.62 bits per heavy atom. The number of rotatable bonds is 2. The minimum Gasteiger partial charge on any atom is -0.378 e. The molecule has 2 rings (SSSR count). The molecule has 2 atom stereocenters. The summed E-state index contributed by atoms with van der Waals surface area (Å²) in [6.45, 7) is 3.16. The Kier molecular flexibility index (Phi) is 3.46. The number of aromatic amines is 1. The molecular formula is C10H15ClN4O. The molecule has 1 aromatic heterocycles. The Morgan fingerprint density at radius 2 is 2.44 bits per heavy atom. The quantitative estimate of drug-likeness (QED) is 0.723. The first-order valence-corrected chi connectivity index (χ1v) is 5.79. The molecule has 0 aromatic carbocycles. The van der Waals surface area contributed by atoms with Crippen molar-refractivity contribution in [1.82, 2.24) is 15.5 Å². The van der Waals surface area contributed by atoms with Gasteiger partial charge in [0.15, 0.2) is 0 Å². The molecule has 0 amide bonds. The fourth-order valence-corrected chi connectivity index (χ4v) is 2.07. The highest BCUT2D eigenvalue weighted by Crippen LogP contribution is 2.19. The second-order valence-electron chi connectivity index (χ2n) is 4.06. The van der Waals surface area contributed by atoms with Crippen molar-refractivity contribution in [3.63, 3.8) is 0 Å². The smallest absolute Gasteiger partial charge is 0.285 e. The standard InChI is InChI=1S/C10H15ClN4O/c1-6-7(3-2-4-12-6)14-8-5-13-15-10(16)9(8)11/h5-7,12H,2-4H2,1H3,(H2,14,15,16). The van der Waals surface area contributed by atoms with E-state index in [0.717, 1.165) is 19.4 Å². The zero-order chi connectivity index (χ0) is 11.5. The van der Waals surface area contributed by atoms with Gasteiger partial charge in [-0.25, -0.2) is 5.10 Å². The van der Waals surface area contributed by atoms with E-state index in [9.17, 15) is 4.79 Å².